The molecule has 3 heteroatoms. The minimum absolute atomic E-state index is 0.244. The highest BCUT2D eigenvalue weighted by molar-refractivity contribution is 6.61. The Morgan fingerprint density at radius 2 is 1.67 bits per heavy atom. The Hall–Kier alpha value is -0.795. The second kappa shape index (κ2) is 4.29. The van der Waals surface area contributed by atoms with Gasteiger partial charge in [0.15, 0.2) is 0 Å². The minimum atomic E-state index is -0.244. The van der Waals surface area contributed by atoms with Crippen LogP contribution in [0.1, 0.15) is 5.56 Å². The van der Waals surface area contributed by atoms with Crippen molar-refractivity contribution in [1.29, 1.82) is 0 Å². The molecule has 2 nitrogen and oxygen atoms in total. The van der Waals surface area contributed by atoms with Gasteiger partial charge in [0.2, 0.25) is 0 Å². The monoisotopic (exact) mass is 164 g/mol. The van der Waals surface area contributed by atoms with Crippen molar-refractivity contribution in [2.75, 3.05) is 14.2 Å². The summed E-state index contributed by atoms with van der Waals surface area (Å²) >= 11 is 0. The van der Waals surface area contributed by atoms with E-state index in [4.69, 9.17) is 9.31 Å². The Morgan fingerprint density at radius 1 is 1.08 bits per heavy atom. The summed E-state index contributed by atoms with van der Waals surface area (Å²) in [6.45, 7) is 2.04. The van der Waals surface area contributed by atoms with Crippen molar-refractivity contribution in [2.45, 2.75) is 6.92 Å². The largest absolute Gasteiger partial charge is 0.493 e. The normalized spacial score (nSPS) is 9.92. The third kappa shape index (κ3) is 1.87. The first kappa shape index (κ1) is 9.29. The van der Waals surface area contributed by atoms with Gasteiger partial charge >= 0.3 is 7.12 Å². The summed E-state index contributed by atoms with van der Waals surface area (Å²) in [6, 6.07) is 8.03. The zero-order valence-electron chi connectivity index (χ0n) is 7.70. The van der Waals surface area contributed by atoms with E-state index in [0.717, 1.165) is 5.46 Å². The predicted octanol–water partition coefficient (Wildman–Crippen LogP) is 0.983. The molecule has 0 aliphatic heterocycles. The topological polar surface area (TPSA) is 18.5 Å². The number of benzene rings is 1. The molecule has 0 heterocycles. The van der Waals surface area contributed by atoms with Crippen LogP contribution in [0, 0.1) is 6.92 Å². The molecule has 64 valence electrons. The third-order valence-electron chi connectivity index (χ3n) is 1.87. The molecule has 12 heavy (non-hydrogen) atoms. The van der Waals surface area contributed by atoms with Crippen LogP contribution in [0.25, 0.3) is 0 Å². The molecule has 1 aromatic rings. The summed E-state index contributed by atoms with van der Waals surface area (Å²) in [4.78, 5) is 0. The van der Waals surface area contributed by atoms with Gasteiger partial charge in [0.05, 0.1) is 0 Å². The number of aryl methyl sites for hydroxylation is 1. The van der Waals surface area contributed by atoms with Crippen molar-refractivity contribution in [1.82, 2.24) is 0 Å². The van der Waals surface area contributed by atoms with Gasteiger partial charge in [0.25, 0.3) is 0 Å². The lowest BCUT2D eigenvalue weighted by molar-refractivity contribution is 0.292. The van der Waals surface area contributed by atoms with E-state index in [1.165, 1.54) is 5.56 Å². The fourth-order valence-electron chi connectivity index (χ4n) is 1.20. The van der Waals surface area contributed by atoms with Gasteiger partial charge in [-0.25, -0.2) is 0 Å². The van der Waals surface area contributed by atoms with E-state index in [1.807, 2.05) is 31.2 Å². The quantitative estimate of drug-likeness (QED) is 0.620. The summed E-state index contributed by atoms with van der Waals surface area (Å²) in [5.41, 5.74) is 2.27. The van der Waals surface area contributed by atoms with Crippen LogP contribution in [-0.4, -0.2) is 21.3 Å². The van der Waals surface area contributed by atoms with E-state index < -0.39 is 0 Å². The molecule has 0 amide bonds. The van der Waals surface area contributed by atoms with Gasteiger partial charge in [-0.05, 0) is 12.4 Å². The van der Waals surface area contributed by atoms with E-state index in [9.17, 15) is 0 Å². The molecule has 0 saturated carbocycles. The summed E-state index contributed by atoms with van der Waals surface area (Å²) in [5, 5.41) is 0. The average molecular weight is 164 g/mol. The Balaban J connectivity index is 2.92. The van der Waals surface area contributed by atoms with Crippen molar-refractivity contribution < 1.29 is 9.31 Å². The number of hydrogen-bond donors (Lipinski definition) is 0. The van der Waals surface area contributed by atoms with Crippen LogP contribution < -0.4 is 5.46 Å². The summed E-state index contributed by atoms with van der Waals surface area (Å²) < 4.78 is 10.3. The van der Waals surface area contributed by atoms with Crippen LogP contribution in [0.4, 0.5) is 0 Å². The maximum Gasteiger partial charge on any atom is 0.493 e. The molecule has 1 aromatic carbocycles. The Bertz CT molecular complexity index is 246. The lowest BCUT2D eigenvalue weighted by atomic mass is 9.76. The first-order valence-electron chi connectivity index (χ1n) is 3.90. The van der Waals surface area contributed by atoms with Gasteiger partial charge in [-0.2, -0.15) is 0 Å². The van der Waals surface area contributed by atoms with Gasteiger partial charge in [-0.3, -0.25) is 0 Å². The first-order valence-corrected chi connectivity index (χ1v) is 3.90. The van der Waals surface area contributed by atoms with Gasteiger partial charge in [-0.1, -0.05) is 29.8 Å². The summed E-state index contributed by atoms with van der Waals surface area (Å²) in [6.07, 6.45) is 0. The fourth-order valence-corrected chi connectivity index (χ4v) is 1.20. The average Bonchev–Trinajstić information content (AvgIpc) is 2.10. The Morgan fingerprint density at radius 3 is 2.17 bits per heavy atom. The van der Waals surface area contributed by atoms with Crippen molar-refractivity contribution in [3.05, 3.63) is 29.8 Å². The minimum Gasteiger partial charge on any atom is -0.410 e. The van der Waals surface area contributed by atoms with Crippen LogP contribution in [0.15, 0.2) is 24.3 Å². The van der Waals surface area contributed by atoms with E-state index >= 15 is 0 Å². The maximum atomic E-state index is 5.14. The van der Waals surface area contributed by atoms with E-state index in [-0.39, 0.29) is 7.12 Å². The van der Waals surface area contributed by atoms with Crippen molar-refractivity contribution >= 4 is 12.6 Å². The molecule has 0 aliphatic carbocycles. The standard InChI is InChI=1S/C9H13BO2/c1-8-6-4-5-7-9(8)10(11-2)12-3/h4-7H,1-3H3. The van der Waals surface area contributed by atoms with Crippen molar-refractivity contribution in [2.24, 2.45) is 0 Å². The predicted molar refractivity (Wildman–Crippen MR) is 50.6 cm³/mol. The zero-order chi connectivity index (χ0) is 8.97. The molecule has 0 aromatic heterocycles. The molecular weight excluding hydrogens is 151 g/mol. The highest BCUT2D eigenvalue weighted by Gasteiger charge is 2.18. The van der Waals surface area contributed by atoms with Gasteiger partial charge in [0, 0.05) is 14.2 Å². The molecule has 0 aliphatic rings. The number of rotatable bonds is 3. The highest BCUT2D eigenvalue weighted by Crippen LogP contribution is 1.96. The van der Waals surface area contributed by atoms with Gasteiger partial charge in [0.1, 0.15) is 0 Å². The zero-order valence-corrected chi connectivity index (χ0v) is 7.70. The van der Waals surface area contributed by atoms with Crippen LogP contribution >= 0.6 is 0 Å². The van der Waals surface area contributed by atoms with Gasteiger partial charge in [-0.15, -0.1) is 0 Å². The third-order valence-corrected chi connectivity index (χ3v) is 1.87. The molecular formula is C9H13BO2. The second-order valence-corrected chi connectivity index (χ2v) is 2.66. The second-order valence-electron chi connectivity index (χ2n) is 2.66. The Kier molecular flexibility index (Phi) is 3.32. The van der Waals surface area contributed by atoms with Crippen molar-refractivity contribution in [3.63, 3.8) is 0 Å². The molecule has 0 bridgehead atoms. The smallest absolute Gasteiger partial charge is 0.410 e. The summed E-state index contributed by atoms with van der Waals surface area (Å²) in [5.74, 6) is 0. The van der Waals surface area contributed by atoms with E-state index in [1.54, 1.807) is 14.2 Å². The van der Waals surface area contributed by atoms with E-state index in [0.29, 0.717) is 0 Å². The molecule has 0 spiro atoms. The van der Waals surface area contributed by atoms with Crippen LogP contribution in [0.3, 0.4) is 0 Å². The summed E-state index contributed by atoms with van der Waals surface area (Å²) in [7, 11) is 3.03. The molecule has 1 rings (SSSR count). The molecule has 0 saturated heterocycles. The van der Waals surface area contributed by atoms with Crippen LogP contribution in [0.5, 0.6) is 0 Å². The van der Waals surface area contributed by atoms with E-state index in [2.05, 4.69) is 0 Å². The highest BCUT2D eigenvalue weighted by atomic mass is 16.6. The molecule has 0 radical (unpaired) electrons. The fraction of sp³-hybridized carbons (Fsp3) is 0.333. The lowest BCUT2D eigenvalue weighted by Crippen LogP contribution is -2.36. The van der Waals surface area contributed by atoms with Crippen LogP contribution in [-0.2, 0) is 9.31 Å². The Labute approximate surface area is 73.6 Å². The molecule has 0 N–H and O–H groups in total. The molecule has 0 unspecified atom stereocenters. The maximum absolute atomic E-state index is 5.14. The SMILES string of the molecule is COB(OC)c1ccccc1C. The molecule has 0 fully saturated rings. The number of hydrogen-bond acceptors (Lipinski definition) is 2. The van der Waals surface area contributed by atoms with Crippen molar-refractivity contribution in [3.8, 4) is 0 Å². The first-order chi connectivity index (χ1) is 5.79. The van der Waals surface area contributed by atoms with Crippen LogP contribution in [0.2, 0.25) is 0 Å². The van der Waals surface area contributed by atoms with Gasteiger partial charge < -0.3 is 9.31 Å². The lowest BCUT2D eigenvalue weighted by Gasteiger charge is -2.10. The molecule has 0 atom stereocenters.